The Bertz CT molecular complexity index is 698. The van der Waals surface area contributed by atoms with E-state index in [1.165, 1.54) is 0 Å². The molecule has 4 aliphatic rings. The van der Waals surface area contributed by atoms with Gasteiger partial charge in [0.2, 0.25) is 0 Å². The minimum absolute atomic E-state index is 0.0289. The Balaban J connectivity index is 1.95. The van der Waals surface area contributed by atoms with Crippen LogP contribution in [0.25, 0.3) is 0 Å². The van der Waals surface area contributed by atoms with E-state index in [1.807, 2.05) is 26.8 Å². The average molecular weight is 314 g/mol. The minimum atomic E-state index is -0.522. The van der Waals surface area contributed by atoms with E-state index >= 15 is 0 Å². The van der Waals surface area contributed by atoms with Crippen LogP contribution in [0, 0.1) is 22.7 Å². The van der Waals surface area contributed by atoms with Crippen molar-refractivity contribution >= 4 is 11.9 Å². The molecule has 0 aromatic carbocycles. The van der Waals surface area contributed by atoms with Crippen LogP contribution in [0.3, 0.4) is 0 Å². The molecule has 4 rings (SSSR count). The third-order valence-corrected chi connectivity index (χ3v) is 6.03. The molecule has 0 N–H and O–H groups in total. The summed E-state index contributed by atoms with van der Waals surface area (Å²) in [7, 11) is 0. The zero-order valence-electron chi connectivity index (χ0n) is 14.0. The Morgan fingerprint density at radius 1 is 1.22 bits per heavy atom. The molecule has 0 saturated carbocycles. The summed E-state index contributed by atoms with van der Waals surface area (Å²) in [5, 5.41) is 0. The van der Waals surface area contributed by atoms with Gasteiger partial charge in [0.15, 0.2) is 0 Å². The van der Waals surface area contributed by atoms with Crippen molar-refractivity contribution in [3.05, 3.63) is 35.5 Å². The lowest BCUT2D eigenvalue weighted by Gasteiger charge is -2.50. The predicted octanol–water partition coefficient (Wildman–Crippen LogP) is 2.95. The van der Waals surface area contributed by atoms with E-state index in [4.69, 9.17) is 9.47 Å². The van der Waals surface area contributed by atoms with E-state index in [-0.39, 0.29) is 41.4 Å². The van der Waals surface area contributed by atoms with Gasteiger partial charge in [-0.2, -0.15) is 0 Å². The Kier molecular flexibility index (Phi) is 2.80. The van der Waals surface area contributed by atoms with Gasteiger partial charge in [0, 0.05) is 17.4 Å². The van der Waals surface area contributed by atoms with Gasteiger partial charge in [-0.1, -0.05) is 32.9 Å². The fourth-order valence-electron chi connectivity index (χ4n) is 4.97. The van der Waals surface area contributed by atoms with Crippen molar-refractivity contribution in [2.24, 2.45) is 22.7 Å². The molecule has 0 aromatic rings. The van der Waals surface area contributed by atoms with Crippen LogP contribution in [0.2, 0.25) is 0 Å². The van der Waals surface area contributed by atoms with Crippen molar-refractivity contribution in [2.45, 2.75) is 46.3 Å². The number of rotatable bonds is 1. The topological polar surface area (TPSA) is 52.6 Å². The van der Waals surface area contributed by atoms with Gasteiger partial charge in [-0.3, -0.25) is 4.79 Å². The summed E-state index contributed by atoms with van der Waals surface area (Å²) in [5.74, 6) is -0.222. The quantitative estimate of drug-likeness (QED) is 0.551. The maximum Gasteiger partial charge on any atom is 0.331 e. The van der Waals surface area contributed by atoms with Crippen LogP contribution >= 0.6 is 0 Å². The van der Waals surface area contributed by atoms with Crippen molar-refractivity contribution in [2.75, 3.05) is 0 Å². The molecular formula is C19H22O4. The minimum Gasteiger partial charge on any atom is -0.457 e. The molecule has 2 aliphatic carbocycles. The van der Waals surface area contributed by atoms with Crippen LogP contribution in [0.4, 0.5) is 0 Å². The molecule has 0 bridgehead atoms. The summed E-state index contributed by atoms with van der Waals surface area (Å²) in [6.45, 7) is 8.19. The standard InChI is InChI=1S/C19H22O4/c1-10(2)15-11-8-13-16-18(3,12(11)9-14(20)23-15)6-5-7-19(16,4)17(21)22-13/h5-6,8-10,13,15-16H,7H2,1-4H3. The maximum atomic E-state index is 12.5. The summed E-state index contributed by atoms with van der Waals surface area (Å²) >= 11 is 0. The Morgan fingerprint density at radius 3 is 2.65 bits per heavy atom. The second kappa shape index (κ2) is 4.37. The fourth-order valence-corrected chi connectivity index (χ4v) is 4.97. The number of hydrogen-bond donors (Lipinski definition) is 0. The zero-order chi connectivity index (χ0) is 16.6. The highest BCUT2D eigenvalue weighted by molar-refractivity contribution is 5.88. The molecule has 0 amide bonds. The number of carbonyl (C=O) groups is 2. The van der Waals surface area contributed by atoms with Crippen LogP contribution in [0.15, 0.2) is 35.5 Å². The zero-order valence-corrected chi connectivity index (χ0v) is 14.0. The number of cyclic esters (lactones) is 1. The Hall–Kier alpha value is -1.84. The van der Waals surface area contributed by atoms with Crippen molar-refractivity contribution in [1.29, 1.82) is 0 Å². The lowest BCUT2D eigenvalue weighted by molar-refractivity contribution is -0.147. The third-order valence-electron chi connectivity index (χ3n) is 6.03. The SMILES string of the molecule is CC(C)C1OC(=O)C=C2C1=CC1OC(=O)C3(C)CC=CC2(C)C13. The molecule has 1 fully saturated rings. The van der Waals surface area contributed by atoms with Gasteiger partial charge >= 0.3 is 11.9 Å². The molecule has 2 heterocycles. The van der Waals surface area contributed by atoms with Crippen molar-refractivity contribution in [3.63, 3.8) is 0 Å². The third kappa shape index (κ3) is 1.72. The number of hydrogen-bond acceptors (Lipinski definition) is 4. The molecule has 23 heavy (non-hydrogen) atoms. The van der Waals surface area contributed by atoms with Gasteiger partial charge in [-0.15, -0.1) is 0 Å². The number of fused-ring (bicyclic) bond motifs is 2. The van der Waals surface area contributed by atoms with Gasteiger partial charge in [0.05, 0.1) is 5.41 Å². The number of ether oxygens (including phenoxy) is 2. The van der Waals surface area contributed by atoms with Gasteiger partial charge in [0.1, 0.15) is 12.2 Å². The first-order valence-electron chi connectivity index (χ1n) is 8.31. The summed E-state index contributed by atoms with van der Waals surface area (Å²) in [5.41, 5.74) is 1.10. The summed E-state index contributed by atoms with van der Waals surface area (Å²) < 4.78 is 11.3. The Labute approximate surface area is 136 Å². The molecule has 122 valence electrons. The van der Waals surface area contributed by atoms with Crippen molar-refractivity contribution < 1.29 is 19.1 Å². The van der Waals surface area contributed by atoms with Gasteiger partial charge in [-0.05, 0) is 36.5 Å². The van der Waals surface area contributed by atoms with Crippen LogP contribution in [0.1, 0.15) is 34.1 Å². The highest BCUT2D eigenvalue weighted by Gasteiger charge is 2.64. The lowest BCUT2D eigenvalue weighted by atomic mass is 9.52. The lowest BCUT2D eigenvalue weighted by Crippen LogP contribution is -2.50. The van der Waals surface area contributed by atoms with Gasteiger partial charge in [0.25, 0.3) is 0 Å². The van der Waals surface area contributed by atoms with Crippen LogP contribution in [0.5, 0.6) is 0 Å². The van der Waals surface area contributed by atoms with Crippen LogP contribution < -0.4 is 0 Å². The van der Waals surface area contributed by atoms with E-state index in [0.29, 0.717) is 6.42 Å². The Morgan fingerprint density at radius 2 is 1.96 bits per heavy atom. The first kappa shape index (κ1) is 14.7. The van der Waals surface area contributed by atoms with E-state index in [0.717, 1.165) is 11.1 Å². The largest absolute Gasteiger partial charge is 0.457 e. The highest BCUT2D eigenvalue weighted by Crippen LogP contribution is 2.62. The smallest absolute Gasteiger partial charge is 0.331 e. The van der Waals surface area contributed by atoms with Gasteiger partial charge < -0.3 is 9.47 Å². The molecule has 0 spiro atoms. The van der Waals surface area contributed by atoms with E-state index in [2.05, 4.69) is 19.1 Å². The maximum absolute atomic E-state index is 12.5. The molecule has 4 nitrogen and oxygen atoms in total. The number of carbonyl (C=O) groups excluding carboxylic acids is 2. The molecular weight excluding hydrogens is 292 g/mol. The van der Waals surface area contributed by atoms with Gasteiger partial charge in [-0.25, -0.2) is 4.79 Å². The van der Waals surface area contributed by atoms with E-state index in [9.17, 15) is 9.59 Å². The number of allylic oxidation sites excluding steroid dienone is 2. The first-order chi connectivity index (χ1) is 10.8. The highest BCUT2D eigenvalue weighted by atomic mass is 16.6. The molecule has 1 saturated heterocycles. The predicted molar refractivity (Wildman–Crippen MR) is 84.2 cm³/mol. The monoisotopic (exact) mass is 314 g/mol. The van der Waals surface area contributed by atoms with E-state index in [1.54, 1.807) is 6.08 Å². The van der Waals surface area contributed by atoms with Crippen LogP contribution in [-0.4, -0.2) is 24.1 Å². The molecule has 4 heteroatoms. The average Bonchev–Trinajstić information content (AvgIpc) is 2.72. The summed E-state index contributed by atoms with van der Waals surface area (Å²) in [4.78, 5) is 24.6. The number of esters is 2. The fraction of sp³-hybridized carbons (Fsp3) is 0.579. The molecule has 0 aromatic heterocycles. The van der Waals surface area contributed by atoms with Crippen LogP contribution in [-0.2, 0) is 19.1 Å². The second-order valence-electron chi connectivity index (χ2n) is 7.94. The van der Waals surface area contributed by atoms with E-state index < -0.39 is 5.41 Å². The summed E-state index contributed by atoms with van der Waals surface area (Å²) in [6, 6.07) is 0. The normalized spacial score (nSPS) is 44.1. The molecule has 2 aliphatic heterocycles. The first-order valence-corrected chi connectivity index (χ1v) is 8.31. The van der Waals surface area contributed by atoms with Crippen molar-refractivity contribution in [3.8, 4) is 0 Å². The molecule has 0 radical (unpaired) electrons. The second-order valence-corrected chi connectivity index (χ2v) is 7.94. The molecule has 5 atom stereocenters. The summed E-state index contributed by atoms with van der Waals surface area (Å²) in [6.07, 6.45) is 8.03. The van der Waals surface area contributed by atoms with Crippen molar-refractivity contribution in [1.82, 2.24) is 0 Å². The molecule has 5 unspecified atom stereocenters.